The van der Waals surface area contributed by atoms with Crippen molar-refractivity contribution in [2.24, 2.45) is 11.8 Å². The minimum Gasteiger partial charge on any atom is -0.324 e. The summed E-state index contributed by atoms with van der Waals surface area (Å²) in [6.45, 7) is 4.96. The van der Waals surface area contributed by atoms with Gasteiger partial charge in [-0.3, -0.25) is 24.1 Å². The monoisotopic (exact) mass is 707 g/mol. The molecular formula is C42H40F3N3O4. The Morgan fingerprint density at radius 2 is 1.38 bits per heavy atom. The fourth-order valence-electron chi connectivity index (χ4n) is 8.63. The molecule has 1 N–H and O–H groups in total. The normalized spacial score (nSPS) is 20.9. The van der Waals surface area contributed by atoms with Crippen LogP contribution in [0.25, 0.3) is 0 Å². The minimum atomic E-state index is -4.56. The molecule has 2 aliphatic carbocycles. The molecule has 4 amide bonds. The Labute approximate surface area is 300 Å². The first-order chi connectivity index (χ1) is 24.7. The summed E-state index contributed by atoms with van der Waals surface area (Å²) in [4.78, 5) is 59.1. The van der Waals surface area contributed by atoms with Gasteiger partial charge < -0.3 is 10.2 Å². The van der Waals surface area contributed by atoms with Crippen molar-refractivity contribution >= 4 is 29.3 Å². The van der Waals surface area contributed by atoms with Crippen LogP contribution in [-0.2, 0) is 35.2 Å². The summed E-state index contributed by atoms with van der Waals surface area (Å²) in [7, 11) is 0. The van der Waals surface area contributed by atoms with E-state index >= 15 is 4.79 Å². The molecule has 3 atom stereocenters. The molecule has 1 aliphatic heterocycles. The van der Waals surface area contributed by atoms with Gasteiger partial charge in [0, 0.05) is 12.2 Å². The van der Waals surface area contributed by atoms with Crippen LogP contribution in [0.2, 0.25) is 0 Å². The smallest absolute Gasteiger partial charge is 0.324 e. The molecule has 7 rings (SSSR count). The van der Waals surface area contributed by atoms with Crippen LogP contribution < -0.4 is 5.32 Å². The number of benzene rings is 4. The third kappa shape index (κ3) is 6.39. The van der Waals surface area contributed by atoms with Crippen LogP contribution in [0.1, 0.15) is 78.9 Å². The van der Waals surface area contributed by atoms with Gasteiger partial charge in [-0.1, -0.05) is 66.2 Å². The number of hydrogen-bond acceptors (Lipinski definition) is 4. The second-order valence-electron chi connectivity index (χ2n) is 14.6. The lowest BCUT2D eigenvalue weighted by molar-refractivity contribution is -0.151. The van der Waals surface area contributed by atoms with Crippen molar-refractivity contribution in [1.82, 2.24) is 9.80 Å². The molecule has 268 valence electrons. The zero-order valence-electron chi connectivity index (χ0n) is 29.3. The Hall–Kier alpha value is -5.25. The summed E-state index contributed by atoms with van der Waals surface area (Å²) in [5, 5.41) is 3.18. The van der Waals surface area contributed by atoms with Gasteiger partial charge in [-0.05, 0) is 117 Å². The number of nitrogens with one attached hydrogen (secondary N) is 1. The minimum absolute atomic E-state index is 0.0248. The van der Waals surface area contributed by atoms with Crippen LogP contribution in [0.3, 0.4) is 0 Å². The number of amides is 4. The molecule has 52 heavy (non-hydrogen) atoms. The van der Waals surface area contributed by atoms with Crippen molar-refractivity contribution in [2.45, 2.75) is 71.1 Å². The van der Waals surface area contributed by atoms with Gasteiger partial charge in [-0.2, -0.15) is 13.2 Å². The molecule has 4 aromatic rings. The average molecular weight is 708 g/mol. The Morgan fingerprint density at radius 3 is 1.96 bits per heavy atom. The van der Waals surface area contributed by atoms with Gasteiger partial charge in [-0.25, -0.2) is 0 Å². The SMILES string of the molecule is Cc1cc(C)c(NC(=O)[C@]2(N(Cc3ccc(C(F)(F)F)cc3)C(=O)CN3C(=O)c4ccccc4C3=O)CC[C@H]3Cc4ccccc4C[C@H]3C2)c(C)c1. The molecule has 1 heterocycles. The lowest BCUT2D eigenvalue weighted by atomic mass is 9.62. The maximum Gasteiger partial charge on any atom is 0.416 e. The molecule has 0 unspecified atom stereocenters. The standard InChI is InChI=1S/C42H40F3N3O4/c1-25-18-26(2)37(27(3)19-25)46-40(52)41(17-16-31-20-29-8-4-5-9-30(29)21-32(31)22-41)48(23-28-12-14-33(15-13-28)42(43,44)45)36(49)24-47-38(50)34-10-6-7-11-35(34)39(47)51/h4-15,18-19,31-32H,16-17,20-24H2,1-3H3,(H,46,52)/t31-,32-,41-/m0/s1. The summed E-state index contributed by atoms with van der Waals surface area (Å²) < 4.78 is 40.7. The summed E-state index contributed by atoms with van der Waals surface area (Å²) in [6.07, 6.45) is -1.78. The van der Waals surface area contributed by atoms with E-state index in [0.29, 0.717) is 36.9 Å². The van der Waals surface area contributed by atoms with Gasteiger partial charge in [0.25, 0.3) is 11.8 Å². The van der Waals surface area contributed by atoms with E-state index in [1.54, 1.807) is 12.1 Å². The number of aryl methyl sites for hydroxylation is 3. The average Bonchev–Trinajstić information content (AvgIpc) is 3.35. The van der Waals surface area contributed by atoms with E-state index in [9.17, 15) is 27.6 Å². The van der Waals surface area contributed by atoms with E-state index in [1.165, 1.54) is 40.3 Å². The topological polar surface area (TPSA) is 86.8 Å². The number of fused-ring (bicyclic) bond motifs is 3. The van der Waals surface area contributed by atoms with E-state index in [-0.39, 0.29) is 29.5 Å². The molecule has 0 radical (unpaired) electrons. The highest BCUT2D eigenvalue weighted by Crippen LogP contribution is 2.47. The van der Waals surface area contributed by atoms with E-state index in [0.717, 1.165) is 40.1 Å². The van der Waals surface area contributed by atoms with Crippen molar-refractivity contribution in [3.8, 4) is 0 Å². The van der Waals surface area contributed by atoms with E-state index < -0.39 is 47.5 Å². The van der Waals surface area contributed by atoms with Gasteiger partial charge in [0.1, 0.15) is 12.1 Å². The second kappa shape index (κ2) is 13.4. The van der Waals surface area contributed by atoms with Crippen LogP contribution in [0.15, 0.2) is 84.9 Å². The van der Waals surface area contributed by atoms with Gasteiger partial charge >= 0.3 is 6.18 Å². The molecule has 0 spiro atoms. The molecule has 1 saturated carbocycles. The zero-order chi connectivity index (χ0) is 36.9. The highest BCUT2D eigenvalue weighted by Gasteiger charge is 2.53. The first kappa shape index (κ1) is 35.2. The number of carbonyl (C=O) groups is 4. The molecule has 4 aromatic carbocycles. The van der Waals surface area contributed by atoms with E-state index in [2.05, 4.69) is 17.4 Å². The number of alkyl halides is 3. The quantitative estimate of drug-likeness (QED) is 0.198. The third-order valence-corrected chi connectivity index (χ3v) is 11.2. The number of carbonyl (C=O) groups excluding carboxylic acids is 4. The Kier molecular flexibility index (Phi) is 9.05. The molecule has 3 aliphatic rings. The van der Waals surface area contributed by atoms with Crippen LogP contribution in [0.5, 0.6) is 0 Å². The molecule has 7 nitrogen and oxygen atoms in total. The molecular weight excluding hydrogens is 667 g/mol. The van der Waals surface area contributed by atoms with Crippen LogP contribution in [-0.4, -0.2) is 45.5 Å². The number of imide groups is 1. The molecule has 0 bridgehead atoms. The first-order valence-corrected chi connectivity index (χ1v) is 17.6. The van der Waals surface area contributed by atoms with Gasteiger partial charge in [0.05, 0.1) is 16.7 Å². The maximum absolute atomic E-state index is 15.1. The number of rotatable bonds is 7. The van der Waals surface area contributed by atoms with Crippen molar-refractivity contribution in [3.63, 3.8) is 0 Å². The molecule has 0 aromatic heterocycles. The lowest BCUT2D eigenvalue weighted by Gasteiger charge is -2.51. The van der Waals surface area contributed by atoms with Gasteiger partial charge in [-0.15, -0.1) is 0 Å². The highest BCUT2D eigenvalue weighted by molar-refractivity contribution is 6.22. The molecule has 1 fully saturated rings. The summed E-state index contributed by atoms with van der Waals surface area (Å²) in [5.41, 5.74) is 4.32. The predicted octanol–water partition coefficient (Wildman–Crippen LogP) is 7.85. The number of nitrogens with zero attached hydrogens (tertiary/aromatic N) is 2. The number of halogens is 3. The maximum atomic E-state index is 15.1. The number of hydrogen-bond donors (Lipinski definition) is 1. The summed E-state index contributed by atoms with van der Waals surface area (Å²) in [5.74, 6) is -1.98. The highest BCUT2D eigenvalue weighted by atomic mass is 19.4. The van der Waals surface area contributed by atoms with E-state index in [1.807, 2.05) is 45.0 Å². The van der Waals surface area contributed by atoms with Gasteiger partial charge in [0.15, 0.2) is 0 Å². The fourth-order valence-corrected chi connectivity index (χ4v) is 8.63. The first-order valence-electron chi connectivity index (χ1n) is 17.6. The zero-order valence-corrected chi connectivity index (χ0v) is 29.3. The Balaban J connectivity index is 1.31. The van der Waals surface area contributed by atoms with Crippen molar-refractivity contribution in [3.05, 3.63) is 135 Å². The van der Waals surface area contributed by atoms with Crippen LogP contribution in [0, 0.1) is 32.6 Å². The van der Waals surface area contributed by atoms with Gasteiger partial charge in [0.2, 0.25) is 11.8 Å². The second-order valence-corrected chi connectivity index (χ2v) is 14.6. The predicted molar refractivity (Wildman–Crippen MR) is 190 cm³/mol. The lowest BCUT2D eigenvalue weighted by Crippen LogP contribution is -2.63. The molecule has 0 saturated heterocycles. The fraction of sp³-hybridized carbons (Fsp3) is 0.333. The van der Waals surface area contributed by atoms with Crippen molar-refractivity contribution in [2.75, 3.05) is 11.9 Å². The van der Waals surface area contributed by atoms with Crippen LogP contribution >= 0.6 is 0 Å². The Bertz CT molecular complexity index is 2030. The Morgan fingerprint density at radius 1 is 0.827 bits per heavy atom. The third-order valence-electron chi connectivity index (χ3n) is 11.2. The number of anilines is 1. The van der Waals surface area contributed by atoms with Crippen molar-refractivity contribution in [1.29, 1.82) is 0 Å². The largest absolute Gasteiger partial charge is 0.416 e. The summed E-state index contributed by atoms with van der Waals surface area (Å²) >= 11 is 0. The van der Waals surface area contributed by atoms with Crippen molar-refractivity contribution < 1.29 is 32.3 Å². The summed E-state index contributed by atoms with van der Waals surface area (Å²) in [6, 6.07) is 23.1. The van der Waals surface area contributed by atoms with E-state index in [4.69, 9.17) is 0 Å². The molecule has 10 heteroatoms. The van der Waals surface area contributed by atoms with Crippen LogP contribution in [0.4, 0.5) is 18.9 Å².